The van der Waals surface area contributed by atoms with Crippen LogP contribution < -0.4 is 4.72 Å². The van der Waals surface area contributed by atoms with Gasteiger partial charge < -0.3 is 0 Å². The first-order chi connectivity index (χ1) is 7.78. The van der Waals surface area contributed by atoms with E-state index in [1.807, 2.05) is 0 Å². The fourth-order valence-electron chi connectivity index (χ4n) is 1.16. The lowest BCUT2D eigenvalue weighted by Crippen LogP contribution is -2.34. The van der Waals surface area contributed by atoms with E-state index in [4.69, 9.17) is 0 Å². The fraction of sp³-hybridized carbons (Fsp3) is 0.125. The summed E-state index contributed by atoms with van der Waals surface area (Å²) in [5.74, 6) is 0. The Bertz CT molecular complexity index is 585. The zero-order chi connectivity index (χ0) is 12.7. The summed E-state index contributed by atoms with van der Waals surface area (Å²) < 4.78 is 64.3. The third-order valence-electron chi connectivity index (χ3n) is 1.82. The van der Waals surface area contributed by atoms with Crippen molar-refractivity contribution in [2.24, 2.45) is 4.40 Å². The minimum Gasteiger partial charge on any atom is -0.260 e. The summed E-state index contributed by atoms with van der Waals surface area (Å²) in [7, 11) is -4.33. The van der Waals surface area contributed by atoms with E-state index < -0.39 is 22.1 Å². The number of halogens is 3. The number of rotatable bonds is 1. The Balaban J connectivity index is 2.52. The first-order valence-corrected chi connectivity index (χ1v) is 6.55. The van der Waals surface area contributed by atoms with Gasteiger partial charge in [0.2, 0.25) is 0 Å². The summed E-state index contributed by atoms with van der Waals surface area (Å²) in [6.07, 6.45) is -4.08. The number of alkyl halides is 3. The minimum absolute atomic E-state index is 0.217. The maximum absolute atomic E-state index is 12.5. The van der Waals surface area contributed by atoms with Crippen molar-refractivity contribution in [3.63, 3.8) is 0 Å². The molecule has 0 saturated heterocycles. The van der Waals surface area contributed by atoms with Gasteiger partial charge in [0, 0.05) is 0 Å². The van der Waals surface area contributed by atoms with E-state index in [0.717, 1.165) is 11.3 Å². The average Bonchev–Trinajstić information content (AvgIpc) is 2.66. The van der Waals surface area contributed by atoms with Gasteiger partial charge in [0.15, 0.2) is 0 Å². The first-order valence-electron chi connectivity index (χ1n) is 4.23. The van der Waals surface area contributed by atoms with Crippen molar-refractivity contribution >= 4 is 27.3 Å². The van der Waals surface area contributed by atoms with Crippen LogP contribution in [0.5, 0.6) is 0 Å². The Hall–Kier alpha value is -1.35. The molecule has 0 amide bonds. The lowest BCUT2D eigenvalue weighted by molar-refractivity contribution is -0.0944. The maximum atomic E-state index is 12.5. The van der Waals surface area contributed by atoms with Crippen LogP contribution in [0.3, 0.4) is 0 Å². The van der Waals surface area contributed by atoms with Crippen molar-refractivity contribution in [2.45, 2.75) is 6.18 Å². The summed E-state index contributed by atoms with van der Waals surface area (Å²) in [6.45, 7) is 0. The van der Waals surface area contributed by atoms with E-state index in [2.05, 4.69) is 4.40 Å². The van der Waals surface area contributed by atoms with Crippen molar-refractivity contribution < 1.29 is 21.6 Å². The molecular formula is C8H5F3N2O2S2. The predicted octanol–water partition coefficient (Wildman–Crippen LogP) is 1.83. The second-order valence-corrected chi connectivity index (χ2v) is 5.37. The molecule has 0 radical (unpaired) electrons. The molecule has 1 N–H and O–H groups in total. The summed E-state index contributed by atoms with van der Waals surface area (Å²) >= 11 is 1.11. The van der Waals surface area contributed by atoms with Gasteiger partial charge in [0.25, 0.3) is 0 Å². The molecule has 2 heterocycles. The molecule has 0 saturated carbocycles. The van der Waals surface area contributed by atoms with Gasteiger partial charge in [-0.1, -0.05) is 6.07 Å². The molecule has 0 atom stereocenters. The molecule has 92 valence electrons. The number of nitrogens with one attached hydrogen (secondary N) is 1. The Morgan fingerprint density at radius 3 is 2.59 bits per heavy atom. The summed E-state index contributed by atoms with van der Waals surface area (Å²) in [6, 6.07) is 3.09. The molecule has 0 aliphatic carbocycles. The highest BCUT2D eigenvalue weighted by Crippen LogP contribution is 2.27. The fourth-order valence-corrected chi connectivity index (χ4v) is 2.82. The maximum Gasteiger partial charge on any atom is 0.431 e. The van der Waals surface area contributed by atoms with Crippen LogP contribution in [0.25, 0.3) is 0 Å². The van der Waals surface area contributed by atoms with Gasteiger partial charge in [-0.2, -0.15) is 21.6 Å². The Morgan fingerprint density at radius 2 is 2.06 bits per heavy atom. The van der Waals surface area contributed by atoms with Crippen molar-refractivity contribution in [2.75, 3.05) is 0 Å². The van der Waals surface area contributed by atoms with E-state index in [-0.39, 0.29) is 5.71 Å². The van der Waals surface area contributed by atoms with Crippen LogP contribution in [0.4, 0.5) is 13.2 Å². The van der Waals surface area contributed by atoms with Crippen molar-refractivity contribution in [1.82, 2.24) is 4.72 Å². The minimum atomic E-state index is -4.76. The average molecular weight is 282 g/mol. The molecule has 0 bridgehead atoms. The highest BCUT2D eigenvalue weighted by atomic mass is 32.2. The monoisotopic (exact) mass is 282 g/mol. The van der Waals surface area contributed by atoms with Crippen molar-refractivity contribution in [3.05, 3.63) is 34.2 Å². The molecule has 2 rings (SSSR count). The van der Waals surface area contributed by atoms with E-state index in [1.54, 1.807) is 11.4 Å². The quantitative estimate of drug-likeness (QED) is 0.854. The highest BCUT2D eigenvalue weighted by Gasteiger charge is 2.38. The smallest absolute Gasteiger partial charge is 0.260 e. The first kappa shape index (κ1) is 12.1. The second-order valence-electron chi connectivity index (χ2n) is 3.09. The van der Waals surface area contributed by atoms with Gasteiger partial charge >= 0.3 is 16.4 Å². The van der Waals surface area contributed by atoms with Gasteiger partial charge in [-0.3, -0.25) is 4.72 Å². The van der Waals surface area contributed by atoms with Gasteiger partial charge in [-0.05, 0) is 17.5 Å². The summed E-state index contributed by atoms with van der Waals surface area (Å²) in [4.78, 5) is 0.358. The van der Waals surface area contributed by atoms with Crippen molar-refractivity contribution in [1.29, 1.82) is 0 Å². The number of allylic oxidation sites excluding steroid dienone is 2. The molecule has 0 spiro atoms. The molecule has 0 unspecified atom stereocenters. The Kier molecular flexibility index (Phi) is 2.74. The topological polar surface area (TPSA) is 58.5 Å². The van der Waals surface area contributed by atoms with E-state index in [1.165, 1.54) is 10.8 Å². The molecule has 0 fully saturated rings. The van der Waals surface area contributed by atoms with Gasteiger partial charge in [-0.15, -0.1) is 15.7 Å². The number of hydrogen-bond donors (Lipinski definition) is 1. The van der Waals surface area contributed by atoms with Crippen LogP contribution in [-0.4, -0.2) is 20.3 Å². The Labute approximate surface area is 98.7 Å². The third-order valence-corrected chi connectivity index (χ3v) is 3.62. The number of hydrogen-bond acceptors (Lipinski definition) is 3. The normalized spacial score (nSPS) is 19.2. The standard InChI is InChI=1S/C8H5F3N2O2S2/c9-8(10,11)7-4-5(6-2-1-3-16-6)12-17(14,15)13-7/h1-4,13H. The molecule has 1 aliphatic heterocycles. The van der Waals surface area contributed by atoms with Crippen LogP contribution in [0.1, 0.15) is 4.88 Å². The van der Waals surface area contributed by atoms with Gasteiger partial charge in [-0.25, -0.2) is 0 Å². The zero-order valence-electron chi connectivity index (χ0n) is 8.02. The molecular weight excluding hydrogens is 277 g/mol. The summed E-state index contributed by atoms with van der Waals surface area (Å²) in [5, 5.41) is 1.62. The predicted molar refractivity (Wildman–Crippen MR) is 57.0 cm³/mol. The molecule has 1 aromatic rings. The van der Waals surface area contributed by atoms with Crippen LogP contribution in [0.2, 0.25) is 0 Å². The van der Waals surface area contributed by atoms with E-state index >= 15 is 0 Å². The van der Waals surface area contributed by atoms with Crippen molar-refractivity contribution in [3.8, 4) is 0 Å². The lowest BCUT2D eigenvalue weighted by Gasteiger charge is -2.16. The number of thiophene rings is 1. The van der Waals surface area contributed by atoms with E-state index in [0.29, 0.717) is 11.0 Å². The van der Waals surface area contributed by atoms with E-state index in [9.17, 15) is 21.6 Å². The second kappa shape index (κ2) is 3.84. The lowest BCUT2D eigenvalue weighted by atomic mass is 10.2. The summed E-state index contributed by atoms with van der Waals surface area (Å²) in [5.41, 5.74) is -1.55. The van der Waals surface area contributed by atoms with Gasteiger partial charge in [0.05, 0.1) is 10.6 Å². The Morgan fingerprint density at radius 1 is 1.35 bits per heavy atom. The SMILES string of the molecule is O=S1(=O)N=C(c2cccs2)C=C(C(F)(F)F)N1. The molecule has 1 aliphatic rings. The zero-order valence-corrected chi connectivity index (χ0v) is 9.66. The third kappa shape index (κ3) is 2.67. The van der Waals surface area contributed by atoms with Gasteiger partial charge in [0.1, 0.15) is 5.70 Å². The van der Waals surface area contributed by atoms with Crippen LogP contribution in [0.15, 0.2) is 33.7 Å². The molecule has 17 heavy (non-hydrogen) atoms. The highest BCUT2D eigenvalue weighted by molar-refractivity contribution is 7.88. The largest absolute Gasteiger partial charge is 0.431 e. The number of nitrogens with zero attached hydrogens (tertiary/aromatic N) is 1. The molecule has 4 nitrogen and oxygen atoms in total. The molecule has 9 heteroatoms. The molecule has 0 aromatic carbocycles. The van der Waals surface area contributed by atoms with Crippen LogP contribution >= 0.6 is 11.3 Å². The van der Waals surface area contributed by atoms with Crippen LogP contribution in [-0.2, 0) is 10.2 Å². The van der Waals surface area contributed by atoms with Crippen LogP contribution in [0, 0.1) is 0 Å². The molecule has 1 aromatic heterocycles.